The van der Waals surface area contributed by atoms with Crippen molar-refractivity contribution in [2.45, 2.75) is 17.9 Å². The molecule has 16 heavy (non-hydrogen) atoms. The standard InChI is InChI=1S/C13H15NOS/c1-10-4-2-5-11(8-10)16-9-12(14)13-6-3-7-15-13/h2-8,12H,9,14H2,1H3. The van der Waals surface area contributed by atoms with Gasteiger partial charge in [0.15, 0.2) is 0 Å². The van der Waals surface area contributed by atoms with Crippen molar-refractivity contribution < 1.29 is 4.42 Å². The summed E-state index contributed by atoms with van der Waals surface area (Å²) < 4.78 is 5.27. The van der Waals surface area contributed by atoms with Gasteiger partial charge in [-0.15, -0.1) is 11.8 Å². The van der Waals surface area contributed by atoms with Crippen LogP contribution in [0.5, 0.6) is 0 Å². The Labute approximate surface area is 99.8 Å². The minimum Gasteiger partial charge on any atom is -0.468 e. The van der Waals surface area contributed by atoms with Crippen molar-refractivity contribution in [3.8, 4) is 0 Å². The molecule has 0 saturated carbocycles. The van der Waals surface area contributed by atoms with Crippen molar-refractivity contribution in [2.75, 3.05) is 5.75 Å². The number of rotatable bonds is 4. The van der Waals surface area contributed by atoms with Gasteiger partial charge in [-0.05, 0) is 31.2 Å². The summed E-state index contributed by atoms with van der Waals surface area (Å²) in [6.45, 7) is 2.09. The topological polar surface area (TPSA) is 39.2 Å². The molecule has 0 aliphatic heterocycles. The second-order valence-electron chi connectivity index (χ2n) is 3.75. The summed E-state index contributed by atoms with van der Waals surface area (Å²) in [6.07, 6.45) is 1.66. The van der Waals surface area contributed by atoms with E-state index in [1.54, 1.807) is 18.0 Å². The summed E-state index contributed by atoms with van der Waals surface area (Å²) >= 11 is 1.76. The van der Waals surface area contributed by atoms with Crippen LogP contribution in [0.15, 0.2) is 52.0 Å². The van der Waals surface area contributed by atoms with Crippen LogP contribution in [-0.4, -0.2) is 5.75 Å². The number of hydrogen-bond acceptors (Lipinski definition) is 3. The average molecular weight is 233 g/mol. The smallest absolute Gasteiger partial charge is 0.121 e. The zero-order valence-electron chi connectivity index (χ0n) is 9.22. The van der Waals surface area contributed by atoms with Crippen molar-refractivity contribution in [3.05, 3.63) is 54.0 Å². The van der Waals surface area contributed by atoms with Gasteiger partial charge < -0.3 is 10.2 Å². The predicted octanol–water partition coefficient (Wildman–Crippen LogP) is 3.38. The molecule has 0 saturated heterocycles. The first-order chi connectivity index (χ1) is 7.75. The van der Waals surface area contributed by atoms with E-state index < -0.39 is 0 Å². The van der Waals surface area contributed by atoms with Gasteiger partial charge in [-0.2, -0.15) is 0 Å². The first-order valence-electron chi connectivity index (χ1n) is 5.24. The first-order valence-corrected chi connectivity index (χ1v) is 6.23. The molecule has 2 rings (SSSR count). The van der Waals surface area contributed by atoms with Gasteiger partial charge in [0.2, 0.25) is 0 Å². The molecule has 0 radical (unpaired) electrons. The second-order valence-corrected chi connectivity index (χ2v) is 4.84. The Hall–Kier alpha value is -1.19. The first kappa shape index (κ1) is 11.3. The van der Waals surface area contributed by atoms with Gasteiger partial charge in [-0.25, -0.2) is 0 Å². The van der Waals surface area contributed by atoms with Crippen LogP contribution >= 0.6 is 11.8 Å². The zero-order chi connectivity index (χ0) is 11.4. The fourth-order valence-corrected chi connectivity index (χ4v) is 2.46. The van der Waals surface area contributed by atoms with Gasteiger partial charge in [-0.1, -0.05) is 17.7 Å². The molecule has 2 aromatic rings. The van der Waals surface area contributed by atoms with E-state index in [4.69, 9.17) is 10.2 Å². The van der Waals surface area contributed by atoms with E-state index in [-0.39, 0.29) is 6.04 Å². The SMILES string of the molecule is Cc1cccc(SCC(N)c2ccco2)c1. The molecular formula is C13H15NOS. The molecule has 2 N–H and O–H groups in total. The molecule has 2 nitrogen and oxygen atoms in total. The van der Waals surface area contributed by atoms with E-state index in [0.717, 1.165) is 11.5 Å². The Morgan fingerprint density at radius 3 is 2.88 bits per heavy atom. The maximum absolute atomic E-state index is 6.01. The molecule has 84 valence electrons. The highest BCUT2D eigenvalue weighted by molar-refractivity contribution is 7.99. The summed E-state index contributed by atoms with van der Waals surface area (Å²) in [6, 6.07) is 12.2. The molecule has 1 heterocycles. The lowest BCUT2D eigenvalue weighted by Crippen LogP contribution is -2.11. The molecule has 1 atom stereocenters. The molecule has 3 heteroatoms. The molecule has 1 aromatic heterocycles. The van der Waals surface area contributed by atoms with Crippen molar-refractivity contribution >= 4 is 11.8 Å². The number of nitrogens with two attached hydrogens (primary N) is 1. The van der Waals surface area contributed by atoms with Crippen molar-refractivity contribution in [3.63, 3.8) is 0 Å². The Morgan fingerprint density at radius 2 is 2.19 bits per heavy atom. The summed E-state index contributed by atoms with van der Waals surface area (Å²) in [5.41, 5.74) is 7.29. The third-order valence-electron chi connectivity index (χ3n) is 2.33. The van der Waals surface area contributed by atoms with Crippen molar-refractivity contribution in [2.24, 2.45) is 5.73 Å². The van der Waals surface area contributed by atoms with Gasteiger partial charge in [-0.3, -0.25) is 0 Å². The fourth-order valence-electron chi connectivity index (χ4n) is 1.48. The number of benzene rings is 1. The van der Waals surface area contributed by atoms with Crippen molar-refractivity contribution in [1.82, 2.24) is 0 Å². The van der Waals surface area contributed by atoms with Crippen molar-refractivity contribution in [1.29, 1.82) is 0 Å². The van der Waals surface area contributed by atoms with Gasteiger partial charge >= 0.3 is 0 Å². The van der Waals surface area contributed by atoms with Crippen LogP contribution < -0.4 is 5.73 Å². The normalized spacial score (nSPS) is 12.6. The van der Waals surface area contributed by atoms with E-state index in [0.29, 0.717) is 0 Å². The van der Waals surface area contributed by atoms with Crippen LogP contribution in [0.1, 0.15) is 17.4 Å². The molecular weight excluding hydrogens is 218 g/mol. The molecule has 0 spiro atoms. The Bertz CT molecular complexity index is 439. The minimum atomic E-state index is -0.0412. The summed E-state index contributed by atoms with van der Waals surface area (Å²) in [4.78, 5) is 1.25. The van der Waals surface area contributed by atoms with Gasteiger partial charge in [0, 0.05) is 10.6 Å². The summed E-state index contributed by atoms with van der Waals surface area (Å²) in [7, 11) is 0. The zero-order valence-corrected chi connectivity index (χ0v) is 10.0. The van der Waals surface area contributed by atoms with Gasteiger partial charge in [0.25, 0.3) is 0 Å². The maximum Gasteiger partial charge on any atom is 0.121 e. The molecule has 1 unspecified atom stereocenters. The number of hydrogen-bond donors (Lipinski definition) is 1. The fraction of sp³-hybridized carbons (Fsp3) is 0.231. The molecule has 0 amide bonds. The lowest BCUT2D eigenvalue weighted by molar-refractivity contribution is 0.482. The quantitative estimate of drug-likeness (QED) is 0.823. The van der Waals surface area contributed by atoms with E-state index in [1.807, 2.05) is 12.1 Å². The highest BCUT2D eigenvalue weighted by Crippen LogP contribution is 2.24. The second kappa shape index (κ2) is 5.23. The van der Waals surface area contributed by atoms with Gasteiger partial charge in [0.05, 0.1) is 12.3 Å². The Morgan fingerprint density at radius 1 is 1.31 bits per heavy atom. The average Bonchev–Trinajstić information content (AvgIpc) is 2.79. The molecule has 0 fully saturated rings. The van der Waals surface area contributed by atoms with E-state index in [2.05, 4.69) is 31.2 Å². The van der Waals surface area contributed by atoms with E-state index in [9.17, 15) is 0 Å². The monoisotopic (exact) mass is 233 g/mol. The maximum atomic E-state index is 6.01. The molecule has 0 aliphatic rings. The Balaban J connectivity index is 1.92. The summed E-state index contributed by atoms with van der Waals surface area (Å²) in [5, 5.41) is 0. The van der Waals surface area contributed by atoms with Gasteiger partial charge in [0.1, 0.15) is 5.76 Å². The number of furan rings is 1. The predicted molar refractivity (Wildman–Crippen MR) is 67.5 cm³/mol. The third-order valence-corrected chi connectivity index (χ3v) is 3.44. The largest absolute Gasteiger partial charge is 0.468 e. The minimum absolute atomic E-state index is 0.0412. The lowest BCUT2D eigenvalue weighted by atomic mass is 10.2. The summed E-state index contributed by atoms with van der Waals surface area (Å²) in [5.74, 6) is 1.68. The Kier molecular flexibility index (Phi) is 3.70. The highest BCUT2D eigenvalue weighted by Gasteiger charge is 2.08. The number of aryl methyl sites for hydroxylation is 1. The number of thioether (sulfide) groups is 1. The van der Waals surface area contributed by atoms with Crippen LogP contribution in [0.4, 0.5) is 0 Å². The highest BCUT2D eigenvalue weighted by atomic mass is 32.2. The molecule has 0 bridgehead atoms. The van der Waals surface area contributed by atoms with Crippen LogP contribution in [0.25, 0.3) is 0 Å². The van der Waals surface area contributed by atoms with Crippen LogP contribution in [-0.2, 0) is 0 Å². The molecule has 1 aromatic carbocycles. The van der Waals surface area contributed by atoms with Crippen LogP contribution in [0.3, 0.4) is 0 Å². The van der Waals surface area contributed by atoms with Crippen LogP contribution in [0.2, 0.25) is 0 Å². The van der Waals surface area contributed by atoms with Crippen LogP contribution in [0, 0.1) is 6.92 Å². The molecule has 0 aliphatic carbocycles. The lowest BCUT2D eigenvalue weighted by Gasteiger charge is -2.08. The third kappa shape index (κ3) is 2.90. The van der Waals surface area contributed by atoms with E-state index in [1.165, 1.54) is 10.5 Å². The van der Waals surface area contributed by atoms with E-state index >= 15 is 0 Å².